The average molecular weight is 296 g/mol. The van der Waals surface area contributed by atoms with Crippen molar-refractivity contribution in [2.75, 3.05) is 19.4 Å². The third-order valence-corrected chi connectivity index (χ3v) is 3.45. The minimum absolute atomic E-state index is 0.0725. The van der Waals surface area contributed by atoms with Crippen molar-refractivity contribution < 1.29 is 9.59 Å². The Morgan fingerprint density at radius 3 is 2.32 bits per heavy atom. The first kappa shape index (κ1) is 15.8. The summed E-state index contributed by atoms with van der Waals surface area (Å²) in [4.78, 5) is 25.8. The second-order valence-electron chi connectivity index (χ2n) is 5.39. The molecule has 0 aliphatic heterocycles. The second-order valence-corrected chi connectivity index (χ2v) is 5.39. The van der Waals surface area contributed by atoms with Crippen molar-refractivity contribution in [2.24, 2.45) is 0 Å². The Labute approximate surface area is 130 Å². The molecule has 0 atom stereocenters. The van der Waals surface area contributed by atoms with Crippen molar-refractivity contribution in [2.45, 2.75) is 13.3 Å². The van der Waals surface area contributed by atoms with E-state index in [2.05, 4.69) is 5.32 Å². The highest BCUT2D eigenvalue weighted by Crippen LogP contribution is 2.20. The topological polar surface area (TPSA) is 49.4 Å². The molecule has 0 saturated heterocycles. The Hall–Kier alpha value is -2.62. The number of rotatable bonds is 4. The van der Waals surface area contributed by atoms with Crippen LogP contribution in [0.1, 0.15) is 21.5 Å². The van der Waals surface area contributed by atoms with E-state index in [0.717, 1.165) is 11.1 Å². The van der Waals surface area contributed by atoms with Gasteiger partial charge in [0.1, 0.15) is 0 Å². The van der Waals surface area contributed by atoms with Crippen LogP contribution in [0, 0.1) is 6.92 Å². The number of anilines is 1. The number of amides is 2. The van der Waals surface area contributed by atoms with Gasteiger partial charge in [0.05, 0.1) is 6.42 Å². The van der Waals surface area contributed by atoms with Gasteiger partial charge in [-0.3, -0.25) is 9.59 Å². The summed E-state index contributed by atoms with van der Waals surface area (Å²) in [6.07, 6.45) is 0.312. The van der Waals surface area contributed by atoms with Crippen molar-refractivity contribution in [1.82, 2.24) is 4.90 Å². The van der Waals surface area contributed by atoms with E-state index in [9.17, 15) is 9.59 Å². The minimum Gasteiger partial charge on any atom is -0.345 e. The smallest absolute Gasteiger partial charge is 0.253 e. The molecule has 0 aliphatic carbocycles. The molecular weight excluding hydrogens is 276 g/mol. The number of benzene rings is 2. The van der Waals surface area contributed by atoms with Crippen molar-refractivity contribution in [3.05, 3.63) is 65.2 Å². The molecule has 0 aliphatic rings. The summed E-state index contributed by atoms with van der Waals surface area (Å²) >= 11 is 0. The number of carbonyl (C=O) groups excluding carboxylic acids is 2. The van der Waals surface area contributed by atoms with E-state index in [1.165, 1.54) is 4.90 Å². The monoisotopic (exact) mass is 296 g/mol. The molecule has 4 nitrogen and oxygen atoms in total. The molecule has 2 aromatic rings. The fourth-order valence-corrected chi connectivity index (χ4v) is 2.22. The molecule has 0 radical (unpaired) electrons. The van der Waals surface area contributed by atoms with Gasteiger partial charge in [0.15, 0.2) is 0 Å². The maximum absolute atomic E-state index is 12.1. The average Bonchev–Trinajstić information content (AvgIpc) is 2.49. The van der Waals surface area contributed by atoms with Gasteiger partial charge >= 0.3 is 0 Å². The van der Waals surface area contributed by atoms with E-state index in [0.29, 0.717) is 17.7 Å². The lowest BCUT2D eigenvalue weighted by molar-refractivity contribution is -0.115. The number of hydrogen-bond acceptors (Lipinski definition) is 2. The van der Waals surface area contributed by atoms with Crippen LogP contribution in [0.2, 0.25) is 0 Å². The number of nitrogens with zero attached hydrogens (tertiary/aromatic N) is 1. The lowest BCUT2D eigenvalue weighted by Gasteiger charge is -2.15. The highest BCUT2D eigenvalue weighted by atomic mass is 16.2. The number of nitrogens with one attached hydrogen (secondary N) is 1. The number of carbonyl (C=O) groups is 2. The maximum atomic E-state index is 12.1. The Balaban J connectivity index is 2.15. The Morgan fingerprint density at radius 1 is 1.00 bits per heavy atom. The zero-order valence-electron chi connectivity index (χ0n) is 13.1. The van der Waals surface area contributed by atoms with Crippen LogP contribution < -0.4 is 5.32 Å². The third-order valence-electron chi connectivity index (χ3n) is 3.45. The fourth-order valence-electron chi connectivity index (χ4n) is 2.22. The summed E-state index contributed by atoms with van der Waals surface area (Å²) in [6.45, 7) is 1.84. The van der Waals surface area contributed by atoms with Crippen LogP contribution in [0.5, 0.6) is 0 Å². The van der Waals surface area contributed by atoms with E-state index in [1.54, 1.807) is 26.2 Å². The van der Waals surface area contributed by atoms with Crippen molar-refractivity contribution in [1.29, 1.82) is 0 Å². The highest BCUT2D eigenvalue weighted by Gasteiger charge is 2.14. The van der Waals surface area contributed by atoms with Crippen LogP contribution in [-0.2, 0) is 11.2 Å². The van der Waals surface area contributed by atoms with Gasteiger partial charge in [0.25, 0.3) is 5.91 Å². The lowest BCUT2D eigenvalue weighted by Crippen LogP contribution is -2.23. The van der Waals surface area contributed by atoms with Gasteiger partial charge in [-0.15, -0.1) is 0 Å². The summed E-state index contributed by atoms with van der Waals surface area (Å²) < 4.78 is 0. The molecule has 4 heteroatoms. The predicted molar refractivity (Wildman–Crippen MR) is 88.0 cm³/mol. The quantitative estimate of drug-likeness (QED) is 0.943. The molecule has 0 saturated carbocycles. The van der Waals surface area contributed by atoms with Gasteiger partial charge in [0, 0.05) is 25.3 Å². The largest absolute Gasteiger partial charge is 0.345 e. The highest BCUT2D eigenvalue weighted by molar-refractivity contribution is 5.99. The van der Waals surface area contributed by atoms with Crippen LogP contribution in [0.4, 0.5) is 5.69 Å². The SMILES string of the molecule is Cc1c(NC(=O)Cc2ccccc2)cccc1C(=O)N(C)C. The Morgan fingerprint density at radius 2 is 1.68 bits per heavy atom. The van der Waals surface area contributed by atoms with Crippen molar-refractivity contribution in [3.63, 3.8) is 0 Å². The molecule has 0 unspecified atom stereocenters. The van der Waals surface area contributed by atoms with E-state index < -0.39 is 0 Å². The summed E-state index contributed by atoms with van der Waals surface area (Å²) in [7, 11) is 3.42. The third kappa shape index (κ3) is 3.73. The lowest BCUT2D eigenvalue weighted by atomic mass is 10.1. The van der Waals surface area contributed by atoms with Gasteiger partial charge < -0.3 is 10.2 Å². The van der Waals surface area contributed by atoms with Gasteiger partial charge in [0.2, 0.25) is 5.91 Å². The minimum atomic E-state index is -0.0937. The van der Waals surface area contributed by atoms with Crippen LogP contribution in [0.15, 0.2) is 48.5 Å². The molecule has 2 amide bonds. The van der Waals surface area contributed by atoms with E-state index in [-0.39, 0.29) is 11.8 Å². The summed E-state index contributed by atoms with van der Waals surface area (Å²) in [6, 6.07) is 14.9. The molecule has 2 aromatic carbocycles. The van der Waals surface area contributed by atoms with E-state index in [4.69, 9.17) is 0 Å². The molecular formula is C18H20N2O2. The molecule has 0 aromatic heterocycles. The Bertz CT molecular complexity index is 679. The van der Waals surface area contributed by atoms with Gasteiger partial charge in [-0.1, -0.05) is 36.4 Å². The van der Waals surface area contributed by atoms with Gasteiger partial charge in [-0.05, 0) is 30.2 Å². The standard InChI is InChI=1S/C18H20N2O2/c1-13-15(18(22)20(2)3)10-7-11-16(13)19-17(21)12-14-8-5-4-6-9-14/h4-11H,12H2,1-3H3,(H,19,21). The van der Waals surface area contributed by atoms with Crippen molar-refractivity contribution >= 4 is 17.5 Å². The normalized spacial score (nSPS) is 10.1. The molecule has 0 spiro atoms. The first-order valence-corrected chi connectivity index (χ1v) is 7.14. The van der Waals surface area contributed by atoms with E-state index >= 15 is 0 Å². The zero-order chi connectivity index (χ0) is 16.1. The zero-order valence-corrected chi connectivity index (χ0v) is 13.1. The molecule has 114 valence electrons. The molecule has 0 heterocycles. The first-order valence-electron chi connectivity index (χ1n) is 7.14. The van der Waals surface area contributed by atoms with Gasteiger partial charge in [-0.25, -0.2) is 0 Å². The predicted octanol–water partition coefficient (Wildman–Crippen LogP) is 2.88. The van der Waals surface area contributed by atoms with Crippen LogP contribution in [-0.4, -0.2) is 30.8 Å². The maximum Gasteiger partial charge on any atom is 0.253 e. The van der Waals surface area contributed by atoms with Crippen LogP contribution >= 0.6 is 0 Å². The van der Waals surface area contributed by atoms with Gasteiger partial charge in [-0.2, -0.15) is 0 Å². The number of hydrogen-bond donors (Lipinski definition) is 1. The van der Waals surface area contributed by atoms with E-state index in [1.807, 2.05) is 43.3 Å². The molecule has 0 fully saturated rings. The van der Waals surface area contributed by atoms with Crippen LogP contribution in [0.3, 0.4) is 0 Å². The van der Waals surface area contributed by atoms with Crippen molar-refractivity contribution in [3.8, 4) is 0 Å². The second kappa shape index (κ2) is 6.89. The molecule has 22 heavy (non-hydrogen) atoms. The van der Waals surface area contributed by atoms with Crippen LogP contribution in [0.25, 0.3) is 0 Å². The summed E-state index contributed by atoms with van der Waals surface area (Å²) in [5, 5.41) is 2.88. The summed E-state index contributed by atoms with van der Waals surface area (Å²) in [5.41, 5.74) is 3.01. The summed E-state index contributed by atoms with van der Waals surface area (Å²) in [5.74, 6) is -0.166. The first-order chi connectivity index (χ1) is 10.5. The Kier molecular flexibility index (Phi) is 4.94. The molecule has 1 N–H and O–H groups in total. The fraction of sp³-hybridized carbons (Fsp3) is 0.222. The molecule has 2 rings (SSSR count). The molecule has 0 bridgehead atoms.